The summed E-state index contributed by atoms with van der Waals surface area (Å²) in [6, 6.07) is 9.54. The summed E-state index contributed by atoms with van der Waals surface area (Å²) in [5.41, 5.74) is 3.84. The van der Waals surface area contributed by atoms with Crippen molar-refractivity contribution in [2.24, 2.45) is 7.05 Å². The molecule has 0 aliphatic rings. The molecule has 5 nitrogen and oxygen atoms in total. The van der Waals surface area contributed by atoms with E-state index < -0.39 is 5.97 Å². The van der Waals surface area contributed by atoms with Gasteiger partial charge in [0.2, 0.25) is 0 Å². The number of rotatable bonds is 5. The fourth-order valence-electron chi connectivity index (χ4n) is 2.35. The average Bonchev–Trinajstić information content (AvgIpc) is 2.93. The molecule has 2 rings (SSSR count). The molecule has 0 fully saturated rings. The Morgan fingerprint density at radius 1 is 1.22 bits per heavy atom. The second-order valence-electron chi connectivity index (χ2n) is 5.76. The zero-order valence-corrected chi connectivity index (χ0v) is 14.0. The lowest BCUT2D eigenvalue weighted by Crippen LogP contribution is -2.31. The molecular weight excluding hydrogens is 292 g/mol. The van der Waals surface area contributed by atoms with Gasteiger partial charge in [-0.2, -0.15) is 0 Å². The van der Waals surface area contributed by atoms with Crippen LogP contribution in [0.1, 0.15) is 27.2 Å². The van der Waals surface area contributed by atoms with Gasteiger partial charge in [-0.25, -0.2) is 4.79 Å². The van der Waals surface area contributed by atoms with E-state index in [4.69, 9.17) is 4.74 Å². The number of esters is 1. The standard InChI is InChI=1S/C18H22N2O3/c1-13-7-8-15(14(2)10-13)11-20(4)17(21)12-23-18(22)16-6-5-9-19(16)3/h5-10H,11-12H2,1-4H3. The number of amides is 1. The molecular formula is C18H22N2O3. The minimum atomic E-state index is -0.495. The summed E-state index contributed by atoms with van der Waals surface area (Å²) >= 11 is 0. The fraction of sp³-hybridized carbons (Fsp3) is 0.333. The first-order valence-electron chi connectivity index (χ1n) is 7.47. The topological polar surface area (TPSA) is 51.5 Å². The molecule has 0 aliphatic carbocycles. The zero-order chi connectivity index (χ0) is 17.0. The number of benzene rings is 1. The molecule has 0 unspecified atom stereocenters. The van der Waals surface area contributed by atoms with Crippen LogP contribution in [0.25, 0.3) is 0 Å². The van der Waals surface area contributed by atoms with Crippen LogP contribution in [0, 0.1) is 13.8 Å². The predicted octanol–water partition coefficient (Wildman–Crippen LogP) is 2.46. The zero-order valence-electron chi connectivity index (χ0n) is 14.0. The monoisotopic (exact) mass is 314 g/mol. The number of likely N-dealkylation sites (N-methyl/N-ethyl adjacent to an activating group) is 1. The van der Waals surface area contributed by atoms with Gasteiger partial charge < -0.3 is 14.2 Å². The third-order valence-corrected chi connectivity index (χ3v) is 3.81. The summed E-state index contributed by atoms with van der Waals surface area (Å²) in [6.07, 6.45) is 1.75. The van der Waals surface area contributed by atoms with E-state index in [1.807, 2.05) is 26.0 Å². The van der Waals surface area contributed by atoms with Gasteiger partial charge in [0.1, 0.15) is 5.69 Å². The second kappa shape index (κ2) is 7.13. The maximum absolute atomic E-state index is 12.1. The Balaban J connectivity index is 1.90. The van der Waals surface area contributed by atoms with Gasteiger partial charge in [0.15, 0.2) is 6.61 Å². The van der Waals surface area contributed by atoms with Crippen LogP contribution in [0.2, 0.25) is 0 Å². The first kappa shape index (κ1) is 16.8. The number of hydrogen-bond donors (Lipinski definition) is 0. The average molecular weight is 314 g/mol. The molecule has 1 amide bonds. The van der Waals surface area contributed by atoms with Crippen LogP contribution >= 0.6 is 0 Å². The summed E-state index contributed by atoms with van der Waals surface area (Å²) in [5.74, 6) is -0.724. The summed E-state index contributed by atoms with van der Waals surface area (Å²) in [6.45, 7) is 4.29. The van der Waals surface area contributed by atoms with Crippen molar-refractivity contribution < 1.29 is 14.3 Å². The van der Waals surface area contributed by atoms with Crippen LogP contribution < -0.4 is 0 Å². The highest BCUT2D eigenvalue weighted by Crippen LogP contribution is 2.12. The predicted molar refractivity (Wildman–Crippen MR) is 88.1 cm³/mol. The SMILES string of the molecule is Cc1ccc(CN(C)C(=O)COC(=O)c2cccn2C)c(C)c1. The van der Waals surface area contributed by atoms with Crippen molar-refractivity contribution in [1.82, 2.24) is 9.47 Å². The molecule has 0 aliphatic heterocycles. The number of nitrogens with zero attached hydrogens (tertiary/aromatic N) is 2. The van der Waals surface area contributed by atoms with Crippen molar-refractivity contribution >= 4 is 11.9 Å². The molecule has 1 aromatic carbocycles. The van der Waals surface area contributed by atoms with Gasteiger partial charge in [-0.05, 0) is 37.1 Å². The maximum atomic E-state index is 12.1. The lowest BCUT2D eigenvalue weighted by Gasteiger charge is -2.18. The van der Waals surface area contributed by atoms with E-state index in [-0.39, 0.29) is 12.5 Å². The molecule has 0 radical (unpaired) electrons. The van der Waals surface area contributed by atoms with Crippen LogP contribution in [0.4, 0.5) is 0 Å². The Kier molecular flexibility index (Phi) is 5.21. The normalized spacial score (nSPS) is 10.4. The molecule has 0 saturated heterocycles. The van der Waals surface area contributed by atoms with Crippen molar-refractivity contribution in [1.29, 1.82) is 0 Å². The summed E-state index contributed by atoms with van der Waals surface area (Å²) in [4.78, 5) is 25.6. The Labute approximate surface area is 136 Å². The van der Waals surface area contributed by atoms with Gasteiger partial charge in [0, 0.05) is 26.8 Å². The largest absolute Gasteiger partial charge is 0.451 e. The van der Waals surface area contributed by atoms with Gasteiger partial charge >= 0.3 is 5.97 Å². The third kappa shape index (κ3) is 4.22. The van der Waals surface area contributed by atoms with Crippen LogP contribution in [0.15, 0.2) is 36.5 Å². The highest BCUT2D eigenvalue weighted by atomic mass is 16.5. The van der Waals surface area contributed by atoms with Crippen molar-refractivity contribution in [3.05, 3.63) is 58.9 Å². The van der Waals surface area contributed by atoms with E-state index in [0.29, 0.717) is 12.2 Å². The van der Waals surface area contributed by atoms with Gasteiger partial charge in [0.05, 0.1) is 0 Å². The van der Waals surface area contributed by atoms with Crippen molar-refractivity contribution in [3.8, 4) is 0 Å². The smallest absolute Gasteiger partial charge is 0.355 e. The van der Waals surface area contributed by atoms with E-state index in [1.54, 1.807) is 41.9 Å². The highest BCUT2D eigenvalue weighted by Gasteiger charge is 2.15. The molecule has 5 heteroatoms. The van der Waals surface area contributed by atoms with Gasteiger partial charge in [-0.15, -0.1) is 0 Å². The molecule has 0 bridgehead atoms. The number of carbonyl (C=O) groups is 2. The quantitative estimate of drug-likeness (QED) is 0.797. The van der Waals surface area contributed by atoms with Crippen molar-refractivity contribution in [3.63, 3.8) is 0 Å². The minimum absolute atomic E-state index is 0.229. The van der Waals surface area contributed by atoms with Crippen molar-refractivity contribution in [2.75, 3.05) is 13.7 Å². The number of aromatic nitrogens is 1. The molecule has 122 valence electrons. The molecule has 0 N–H and O–H groups in total. The second-order valence-corrected chi connectivity index (χ2v) is 5.76. The molecule has 2 aromatic rings. The minimum Gasteiger partial charge on any atom is -0.451 e. The molecule has 0 saturated carbocycles. The van der Waals surface area contributed by atoms with E-state index in [0.717, 1.165) is 11.1 Å². The lowest BCUT2D eigenvalue weighted by atomic mass is 10.1. The summed E-state index contributed by atoms with van der Waals surface area (Å²) < 4.78 is 6.75. The van der Waals surface area contributed by atoms with E-state index >= 15 is 0 Å². The van der Waals surface area contributed by atoms with Gasteiger partial charge in [-0.3, -0.25) is 4.79 Å². The van der Waals surface area contributed by atoms with Gasteiger partial charge in [0.25, 0.3) is 5.91 Å². The maximum Gasteiger partial charge on any atom is 0.355 e. The molecule has 0 spiro atoms. The molecule has 23 heavy (non-hydrogen) atoms. The lowest BCUT2D eigenvalue weighted by molar-refractivity contribution is -0.133. The first-order valence-corrected chi connectivity index (χ1v) is 7.47. The first-order chi connectivity index (χ1) is 10.9. The van der Waals surface area contributed by atoms with Crippen LogP contribution in [0.3, 0.4) is 0 Å². The number of ether oxygens (including phenoxy) is 1. The number of carbonyl (C=O) groups excluding carboxylic acids is 2. The fourth-order valence-corrected chi connectivity index (χ4v) is 2.35. The highest BCUT2D eigenvalue weighted by molar-refractivity contribution is 5.89. The Bertz CT molecular complexity index is 719. The molecule has 1 heterocycles. The molecule has 0 atom stereocenters. The summed E-state index contributed by atoms with van der Waals surface area (Å²) in [7, 11) is 3.46. The van der Waals surface area contributed by atoms with Gasteiger partial charge in [-0.1, -0.05) is 23.8 Å². The summed E-state index contributed by atoms with van der Waals surface area (Å²) in [5, 5.41) is 0. The Hall–Kier alpha value is -2.56. The number of hydrogen-bond acceptors (Lipinski definition) is 3. The van der Waals surface area contributed by atoms with Crippen LogP contribution in [0.5, 0.6) is 0 Å². The van der Waals surface area contributed by atoms with E-state index in [9.17, 15) is 9.59 Å². The third-order valence-electron chi connectivity index (χ3n) is 3.81. The Morgan fingerprint density at radius 2 is 1.96 bits per heavy atom. The van der Waals surface area contributed by atoms with E-state index in [2.05, 4.69) is 6.07 Å². The van der Waals surface area contributed by atoms with Crippen LogP contribution in [-0.2, 0) is 23.1 Å². The Morgan fingerprint density at radius 3 is 2.57 bits per heavy atom. The number of aryl methyl sites for hydroxylation is 3. The molecule has 1 aromatic heterocycles. The van der Waals surface area contributed by atoms with Crippen molar-refractivity contribution in [2.45, 2.75) is 20.4 Å². The van der Waals surface area contributed by atoms with E-state index in [1.165, 1.54) is 5.56 Å². The van der Waals surface area contributed by atoms with Crippen LogP contribution in [-0.4, -0.2) is 35.0 Å².